The zero-order valence-corrected chi connectivity index (χ0v) is 15.4. The second-order valence-electron chi connectivity index (χ2n) is 6.77. The number of amides is 1. The lowest BCUT2D eigenvalue weighted by molar-refractivity contribution is -0.132. The molecule has 1 aliphatic heterocycles. The number of aromatic nitrogens is 1. The molecule has 2 N–H and O–H groups in total. The van der Waals surface area contributed by atoms with E-state index < -0.39 is 5.54 Å². The quantitative estimate of drug-likeness (QED) is 0.826. The van der Waals surface area contributed by atoms with E-state index in [0.717, 1.165) is 36.5 Å². The number of methoxy groups -OCH3 is 1. The van der Waals surface area contributed by atoms with Crippen LogP contribution < -0.4 is 10.6 Å². The number of ether oxygens (including phenoxy) is 1. The van der Waals surface area contributed by atoms with Crippen molar-refractivity contribution in [2.24, 2.45) is 5.73 Å². The van der Waals surface area contributed by atoms with Gasteiger partial charge in [-0.2, -0.15) is 0 Å². The van der Waals surface area contributed by atoms with Gasteiger partial charge in [0.1, 0.15) is 11.4 Å². The van der Waals surface area contributed by atoms with Crippen LogP contribution in [0.5, 0.6) is 0 Å². The molecule has 1 aliphatic rings. The van der Waals surface area contributed by atoms with Crippen molar-refractivity contribution < 1.29 is 9.53 Å². The van der Waals surface area contributed by atoms with Gasteiger partial charge in [0.05, 0.1) is 6.61 Å². The van der Waals surface area contributed by atoms with Gasteiger partial charge < -0.3 is 15.4 Å². The van der Waals surface area contributed by atoms with E-state index in [1.807, 2.05) is 54.5 Å². The molecule has 0 spiro atoms. The van der Waals surface area contributed by atoms with Crippen LogP contribution in [0.4, 0.5) is 11.5 Å². The van der Waals surface area contributed by atoms with Gasteiger partial charge in [-0.3, -0.25) is 9.69 Å². The number of nitrogens with zero attached hydrogens (tertiary/aromatic N) is 3. The number of benzene rings is 1. The largest absolute Gasteiger partial charge is 0.382 e. The molecule has 0 aliphatic carbocycles. The zero-order valence-electron chi connectivity index (χ0n) is 15.4. The van der Waals surface area contributed by atoms with E-state index in [9.17, 15) is 4.79 Å². The van der Waals surface area contributed by atoms with Crippen molar-refractivity contribution >= 4 is 17.4 Å². The number of anilines is 2. The van der Waals surface area contributed by atoms with Crippen molar-refractivity contribution in [2.45, 2.75) is 24.9 Å². The first-order chi connectivity index (χ1) is 12.6. The van der Waals surface area contributed by atoms with Crippen molar-refractivity contribution in [3.05, 3.63) is 54.2 Å². The summed E-state index contributed by atoms with van der Waals surface area (Å²) in [4.78, 5) is 20.8. The molecule has 1 fully saturated rings. The fourth-order valence-electron chi connectivity index (χ4n) is 3.63. The highest BCUT2D eigenvalue weighted by molar-refractivity contribution is 5.85. The Hall–Kier alpha value is -2.44. The van der Waals surface area contributed by atoms with Crippen molar-refractivity contribution in [1.29, 1.82) is 0 Å². The summed E-state index contributed by atoms with van der Waals surface area (Å²) in [6, 6.07) is 14.2. The maximum Gasteiger partial charge on any atom is 0.240 e. The average Bonchev–Trinajstić information content (AvgIpc) is 3.06. The Morgan fingerprint density at radius 1 is 1.31 bits per heavy atom. The van der Waals surface area contributed by atoms with E-state index in [4.69, 9.17) is 10.5 Å². The summed E-state index contributed by atoms with van der Waals surface area (Å²) in [5.74, 6) is 0.560. The van der Waals surface area contributed by atoms with Crippen LogP contribution in [0.15, 0.2) is 48.7 Å². The molecule has 2 heterocycles. The minimum Gasteiger partial charge on any atom is -0.382 e. The molecule has 1 saturated heterocycles. The van der Waals surface area contributed by atoms with Crippen molar-refractivity contribution in [3.63, 3.8) is 0 Å². The second-order valence-corrected chi connectivity index (χ2v) is 6.77. The molecule has 1 aromatic heterocycles. The molecule has 2 aromatic rings. The molecule has 6 heteroatoms. The van der Waals surface area contributed by atoms with Gasteiger partial charge in [-0.1, -0.05) is 24.3 Å². The van der Waals surface area contributed by atoms with Crippen LogP contribution in [-0.4, -0.2) is 48.6 Å². The molecule has 26 heavy (non-hydrogen) atoms. The van der Waals surface area contributed by atoms with Crippen molar-refractivity contribution in [3.8, 4) is 0 Å². The minimum atomic E-state index is -0.714. The first kappa shape index (κ1) is 18.4. The Balaban J connectivity index is 1.74. The summed E-state index contributed by atoms with van der Waals surface area (Å²) < 4.78 is 5.29. The molecular formula is C20H26N4O2. The first-order valence-electron chi connectivity index (χ1n) is 8.84. The molecule has 1 amide bonds. The lowest BCUT2D eigenvalue weighted by atomic mass is 9.96. The van der Waals surface area contributed by atoms with E-state index in [0.29, 0.717) is 13.2 Å². The van der Waals surface area contributed by atoms with Crippen LogP contribution in [0.3, 0.4) is 0 Å². The van der Waals surface area contributed by atoms with E-state index in [1.165, 1.54) is 0 Å². The molecule has 0 bridgehead atoms. The van der Waals surface area contributed by atoms with Crippen LogP contribution in [0.2, 0.25) is 0 Å². The third kappa shape index (κ3) is 3.57. The van der Waals surface area contributed by atoms with Gasteiger partial charge in [0, 0.05) is 32.6 Å². The van der Waals surface area contributed by atoms with Crippen molar-refractivity contribution in [1.82, 2.24) is 9.88 Å². The molecule has 138 valence electrons. The molecule has 6 nitrogen and oxygen atoms in total. The topological polar surface area (TPSA) is 71.7 Å². The van der Waals surface area contributed by atoms with Crippen LogP contribution in [-0.2, 0) is 16.1 Å². The average molecular weight is 354 g/mol. The van der Waals surface area contributed by atoms with Gasteiger partial charge in [0.25, 0.3) is 0 Å². The van der Waals surface area contributed by atoms with Crippen LogP contribution >= 0.6 is 0 Å². The Morgan fingerprint density at radius 2 is 2.08 bits per heavy atom. The number of para-hydroxylation sites is 1. The SMILES string of the molecule is COCC1(C(N)=O)CCCN1Cc1ccc(N(C)c2ccccc2)nc1. The van der Waals surface area contributed by atoms with Crippen molar-refractivity contribution in [2.75, 3.05) is 32.2 Å². The van der Waals surface area contributed by atoms with Crippen LogP contribution in [0.1, 0.15) is 18.4 Å². The summed E-state index contributed by atoms with van der Waals surface area (Å²) in [7, 11) is 3.60. The van der Waals surface area contributed by atoms with Gasteiger partial charge in [0.2, 0.25) is 5.91 Å². The molecule has 1 unspecified atom stereocenters. The number of hydrogen-bond acceptors (Lipinski definition) is 5. The van der Waals surface area contributed by atoms with Gasteiger partial charge in [-0.15, -0.1) is 0 Å². The number of nitrogens with two attached hydrogens (primary N) is 1. The standard InChI is InChI=1S/C20H26N4O2/c1-23(17-7-4-3-5-8-17)18-10-9-16(13-22-18)14-24-12-6-11-20(24,15-26-2)19(21)25/h3-5,7-10,13H,6,11-12,14-15H2,1-2H3,(H2,21,25). The highest BCUT2D eigenvalue weighted by atomic mass is 16.5. The summed E-state index contributed by atoms with van der Waals surface area (Å²) in [6.45, 7) is 1.79. The summed E-state index contributed by atoms with van der Waals surface area (Å²) >= 11 is 0. The highest BCUT2D eigenvalue weighted by Gasteiger charge is 2.46. The number of likely N-dealkylation sites (tertiary alicyclic amines) is 1. The van der Waals surface area contributed by atoms with E-state index in [2.05, 4.69) is 16.0 Å². The van der Waals surface area contributed by atoms with Gasteiger partial charge in [-0.05, 0) is 43.1 Å². The van der Waals surface area contributed by atoms with E-state index in [-0.39, 0.29) is 5.91 Å². The van der Waals surface area contributed by atoms with Gasteiger partial charge in [-0.25, -0.2) is 4.98 Å². The molecule has 0 saturated carbocycles. The number of primary amides is 1. The van der Waals surface area contributed by atoms with Crippen LogP contribution in [0.25, 0.3) is 0 Å². The number of hydrogen-bond donors (Lipinski definition) is 1. The maximum atomic E-state index is 12.1. The third-order valence-electron chi connectivity index (χ3n) is 5.14. The molecule has 1 atom stereocenters. The third-order valence-corrected chi connectivity index (χ3v) is 5.14. The molecule has 0 radical (unpaired) electrons. The fraction of sp³-hybridized carbons (Fsp3) is 0.400. The summed E-state index contributed by atoms with van der Waals surface area (Å²) in [5.41, 5.74) is 7.13. The maximum absolute atomic E-state index is 12.1. The lowest BCUT2D eigenvalue weighted by Gasteiger charge is -2.35. The number of carbonyl (C=O) groups excluding carboxylic acids is 1. The number of rotatable bonds is 7. The van der Waals surface area contributed by atoms with E-state index >= 15 is 0 Å². The highest BCUT2D eigenvalue weighted by Crippen LogP contribution is 2.31. The van der Waals surface area contributed by atoms with Gasteiger partial charge >= 0.3 is 0 Å². The monoisotopic (exact) mass is 354 g/mol. The summed E-state index contributed by atoms with van der Waals surface area (Å²) in [6.07, 6.45) is 3.54. The normalized spacial score (nSPS) is 20.2. The molecule has 3 rings (SSSR count). The second kappa shape index (κ2) is 7.85. The Morgan fingerprint density at radius 3 is 2.69 bits per heavy atom. The Bertz CT molecular complexity index is 735. The Labute approximate surface area is 154 Å². The predicted octanol–water partition coefficient (Wildman–Crippen LogP) is 2.32. The van der Waals surface area contributed by atoms with Gasteiger partial charge in [0.15, 0.2) is 0 Å². The first-order valence-corrected chi connectivity index (χ1v) is 8.84. The summed E-state index contributed by atoms with van der Waals surface area (Å²) in [5, 5.41) is 0. The Kier molecular flexibility index (Phi) is 5.54. The smallest absolute Gasteiger partial charge is 0.240 e. The molecule has 1 aromatic carbocycles. The zero-order chi connectivity index (χ0) is 18.6. The lowest BCUT2D eigenvalue weighted by Crippen LogP contribution is -2.56. The number of carbonyl (C=O) groups is 1. The number of pyridine rings is 1. The van der Waals surface area contributed by atoms with E-state index in [1.54, 1.807) is 7.11 Å². The fourth-order valence-corrected chi connectivity index (χ4v) is 3.63. The minimum absolute atomic E-state index is 0.315. The molecular weight excluding hydrogens is 328 g/mol. The van der Waals surface area contributed by atoms with Crippen LogP contribution in [0, 0.1) is 0 Å². The predicted molar refractivity (Wildman–Crippen MR) is 102 cm³/mol.